The van der Waals surface area contributed by atoms with Crippen molar-refractivity contribution in [2.75, 3.05) is 6.54 Å². The van der Waals surface area contributed by atoms with Crippen LogP contribution in [0.3, 0.4) is 0 Å². The maximum absolute atomic E-state index is 12.0. The maximum atomic E-state index is 12.0. The van der Waals surface area contributed by atoms with Crippen LogP contribution in [0, 0.1) is 11.3 Å². The van der Waals surface area contributed by atoms with Crippen LogP contribution in [0.4, 0.5) is 0 Å². The molecule has 0 aromatic rings. The SMILES string of the molecule is CC(C)(C)CC(CN)C(=O)NC(CCC(=O)O)C(=O)O. The van der Waals surface area contributed by atoms with Crippen molar-refractivity contribution < 1.29 is 24.6 Å². The Labute approximate surface area is 118 Å². The molecular weight excluding hydrogens is 264 g/mol. The van der Waals surface area contributed by atoms with E-state index in [2.05, 4.69) is 5.32 Å². The highest BCUT2D eigenvalue weighted by Crippen LogP contribution is 2.24. The first-order valence-electron chi connectivity index (χ1n) is 6.52. The van der Waals surface area contributed by atoms with Gasteiger partial charge < -0.3 is 21.3 Å². The minimum Gasteiger partial charge on any atom is -0.481 e. The van der Waals surface area contributed by atoms with E-state index in [1.54, 1.807) is 0 Å². The molecule has 0 aliphatic rings. The minimum absolute atomic E-state index is 0.110. The predicted molar refractivity (Wildman–Crippen MR) is 73.1 cm³/mol. The minimum atomic E-state index is -1.24. The number of nitrogens with one attached hydrogen (secondary N) is 1. The first-order valence-corrected chi connectivity index (χ1v) is 6.52. The summed E-state index contributed by atoms with van der Waals surface area (Å²) in [6.45, 7) is 6.00. The third-order valence-electron chi connectivity index (χ3n) is 2.78. The van der Waals surface area contributed by atoms with Crippen LogP contribution >= 0.6 is 0 Å². The molecule has 5 N–H and O–H groups in total. The lowest BCUT2D eigenvalue weighted by Gasteiger charge is -2.25. The average molecular weight is 288 g/mol. The highest BCUT2D eigenvalue weighted by Gasteiger charge is 2.27. The fraction of sp³-hybridized carbons (Fsp3) is 0.769. The van der Waals surface area contributed by atoms with Gasteiger partial charge in [0.2, 0.25) is 5.91 Å². The molecule has 0 aromatic heterocycles. The van der Waals surface area contributed by atoms with E-state index < -0.39 is 29.8 Å². The van der Waals surface area contributed by atoms with Gasteiger partial charge in [0.1, 0.15) is 6.04 Å². The Balaban J connectivity index is 4.64. The summed E-state index contributed by atoms with van der Waals surface area (Å²) in [5.41, 5.74) is 5.44. The molecular formula is C13H24N2O5. The zero-order valence-corrected chi connectivity index (χ0v) is 12.2. The molecule has 0 aromatic carbocycles. The second kappa shape index (κ2) is 7.84. The predicted octanol–water partition coefficient (Wildman–Crippen LogP) is 0.432. The van der Waals surface area contributed by atoms with E-state index in [0.717, 1.165) is 0 Å². The molecule has 7 nitrogen and oxygen atoms in total. The van der Waals surface area contributed by atoms with Crippen molar-refractivity contribution in [3.05, 3.63) is 0 Å². The van der Waals surface area contributed by atoms with Crippen molar-refractivity contribution in [3.63, 3.8) is 0 Å². The summed E-state index contributed by atoms with van der Waals surface area (Å²) in [6.07, 6.45) is 0.0631. The lowest BCUT2D eigenvalue weighted by molar-refractivity contribution is -0.143. The Morgan fingerprint density at radius 3 is 2.10 bits per heavy atom. The molecule has 20 heavy (non-hydrogen) atoms. The van der Waals surface area contributed by atoms with Gasteiger partial charge in [-0.1, -0.05) is 20.8 Å². The Hall–Kier alpha value is -1.63. The van der Waals surface area contributed by atoms with Gasteiger partial charge >= 0.3 is 11.9 Å². The molecule has 0 radical (unpaired) electrons. The van der Waals surface area contributed by atoms with Crippen molar-refractivity contribution >= 4 is 17.8 Å². The molecule has 0 saturated carbocycles. The molecule has 0 heterocycles. The van der Waals surface area contributed by atoms with Crippen LogP contribution in [0.25, 0.3) is 0 Å². The quantitative estimate of drug-likeness (QED) is 0.512. The standard InChI is InChI=1S/C13H24N2O5/c1-13(2,3)6-8(7-14)11(18)15-9(12(19)20)4-5-10(16)17/h8-9H,4-7,14H2,1-3H3,(H,15,18)(H,16,17)(H,19,20). The van der Waals surface area contributed by atoms with E-state index in [1.165, 1.54) is 0 Å². The van der Waals surface area contributed by atoms with E-state index in [1.807, 2.05) is 20.8 Å². The van der Waals surface area contributed by atoms with Gasteiger partial charge in [-0.05, 0) is 18.3 Å². The summed E-state index contributed by atoms with van der Waals surface area (Å²) in [5, 5.41) is 19.9. The Morgan fingerprint density at radius 2 is 1.75 bits per heavy atom. The summed E-state index contributed by atoms with van der Waals surface area (Å²) < 4.78 is 0. The van der Waals surface area contributed by atoms with Gasteiger partial charge in [0.15, 0.2) is 0 Å². The number of hydrogen-bond acceptors (Lipinski definition) is 4. The number of aliphatic carboxylic acids is 2. The second-order valence-corrected chi connectivity index (χ2v) is 6.03. The summed E-state index contributed by atoms with van der Waals surface area (Å²) in [6, 6.07) is -1.20. The zero-order valence-electron chi connectivity index (χ0n) is 12.2. The van der Waals surface area contributed by atoms with E-state index in [4.69, 9.17) is 15.9 Å². The van der Waals surface area contributed by atoms with E-state index in [9.17, 15) is 14.4 Å². The summed E-state index contributed by atoms with van der Waals surface area (Å²) in [5.74, 6) is -3.27. The first kappa shape index (κ1) is 18.4. The van der Waals surface area contributed by atoms with Crippen molar-refractivity contribution in [2.45, 2.75) is 46.1 Å². The van der Waals surface area contributed by atoms with Crippen molar-refractivity contribution in [1.29, 1.82) is 0 Å². The third kappa shape index (κ3) is 7.73. The summed E-state index contributed by atoms with van der Waals surface area (Å²) in [4.78, 5) is 33.5. The first-order chi connectivity index (χ1) is 9.06. The molecule has 0 fully saturated rings. The number of carboxylic acid groups (broad SMARTS) is 2. The number of hydrogen-bond donors (Lipinski definition) is 4. The van der Waals surface area contributed by atoms with Gasteiger partial charge in [-0.25, -0.2) is 4.79 Å². The average Bonchev–Trinajstić information content (AvgIpc) is 2.29. The number of carboxylic acids is 2. The van der Waals surface area contributed by atoms with Crippen LogP contribution in [0.5, 0.6) is 0 Å². The second-order valence-electron chi connectivity index (χ2n) is 6.03. The van der Waals surface area contributed by atoms with Crippen molar-refractivity contribution in [3.8, 4) is 0 Å². The molecule has 0 aliphatic carbocycles. The van der Waals surface area contributed by atoms with Crippen LogP contribution in [0.15, 0.2) is 0 Å². The van der Waals surface area contributed by atoms with Crippen molar-refractivity contribution in [1.82, 2.24) is 5.32 Å². The van der Waals surface area contributed by atoms with Gasteiger partial charge in [0.25, 0.3) is 0 Å². The van der Waals surface area contributed by atoms with Crippen molar-refractivity contribution in [2.24, 2.45) is 17.1 Å². The highest BCUT2D eigenvalue weighted by atomic mass is 16.4. The van der Waals surface area contributed by atoms with E-state index in [-0.39, 0.29) is 24.8 Å². The monoisotopic (exact) mass is 288 g/mol. The molecule has 116 valence electrons. The smallest absolute Gasteiger partial charge is 0.326 e. The number of nitrogens with two attached hydrogens (primary N) is 1. The third-order valence-corrected chi connectivity index (χ3v) is 2.78. The molecule has 1 amide bonds. The Bertz CT molecular complexity index is 362. The van der Waals surface area contributed by atoms with E-state index in [0.29, 0.717) is 6.42 Å². The number of carbonyl (C=O) groups is 3. The lowest BCUT2D eigenvalue weighted by atomic mass is 9.84. The summed E-state index contributed by atoms with van der Waals surface area (Å²) in [7, 11) is 0. The largest absolute Gasteiger partial charge is 0.481 e. The Morgan fingerprint density at radius 1 is 1.20 bits per heavy atom. The molecule has 0 rings (SSSR count). The van der Waals surface area contributed by atoms with E-state index >= 15 is 0 Å². The molecule has 0 bridgehead atoms. The van der Waals surface area contributed by atoms with Gasteiger partial charge in [-0.2, -0.15) is 0 Å². The molecule has 0 saturated heterocycles. The molecule has 0 spiro atoms. The normalized spacial score (nSPS) is 14.4. The lowest BCUT2D eigenvalue weighted by Crippen LogP contribution is -2.46. The molecule has 2 unspecified atom stereocenters. The zero-order chi connectivity index (χ0) is 15.9. The fourth-order valence-corrected chi connectivity index (χ4v) is 1.84. The highest BCUT2D eigenvalue weighted by molar-refractivity contribution is 5.85. The molecule has 0 aliphatic heterocycles. The number of carbonyl (C=O) groups excluding carboxylic acids is 1. The van der Waals surface area contributed by atoms with Crippen LogP contribution in [0.2, 0.25) is 0 Å². The van der Waals surface area contributed by atoms with Crippen LogP contribution in [-0.2, 0) is 14.4 Å². The maximum Gasteiger partial charge on any atom is 0.326 e. The summed E-state index contributed by atoms with van der Waals surface area (Å²) >= 11 is 0. The van der Waals surface area contributed by atoms with Crippen LogP contribution < -0.4 is 11.1 Å². The Kier molecular flexibility index (Phi) is 7.20. The van der Waals surface area contributed by atoms with Crippen LogP contribution in [0.1, 0.15) is 40.0 Å². The van der Waals surface area contributed by atoms with Gasteiger partial charge in [0.05, 0.1) is 5.92 Å². The number of amides is 1. The van der Waals surface area contributed by atoms with Crippen LogP contribution in [-0.4, -0.2) is 40.6 Å². The van der Waals surface area contributed by atoms with Gasteiger partial charge in [-0.15, -0.1) is 0 Å². The van der Waals surface area contributed by atoms with Gasteiger partial charge in [-0.3, -0.25) is 9.59 Å². The molecule has 7 heteroatoms. The number of rotatable bonds is 8. The van der Waals surface area contributed by atoms with Gasteiger partial charge in [0, 0.05) is 13.0 Å². The fourth-order valence-electron chi connectivity index (χ4n) is 1.84. The molecule has 2 atom stereocenters. The topological polar surface area (TPSA) is 130 Å².